The Hall–Kier alpha value is -3.01. The zero-order valence-electron chi connectivity index (χ0n) is 13.5. The van der Waals surface area contributed by atoms with Crippen LogP contribution in [0.4, 0.5) is 5.69 Å². The molecule has 0 saturated carbocycles. The number of methoxy groups -OCH3 is 1. The Morgan fingerprint density at radius 3 is 2.79 bits per heavy atom. The van der Waals surface area contributed by atoms with Crippen LogP contribution in [0.3, 0.4) is 0 Å². The number of carboxylic acid groups (broad SMARTS) is 1. The third-order valence-electron chi connectivity index (χ3n) is 3.17. The van der Waals surface area contributed by atoms with Gasteiger partial charge in [-0.25, -0.2) is 0 Å². The topological polar surface area (TPSA) is 111 Å². The van der Waals surface area contributed by atoms with Crippen molar-refractivity contribution < 1.29 is 19.4 Å². The molecule has 0 saturated heterocycles. The number of aliphatic carboxylic acids is 1. The summed E-state index contributed by atoms with van der Waals surface area (Å²) in [4.78, 5) is 22.3. The van der Waals surface area contributed by atoms with Crippen LogP contribution < -0.4 is 15.4 Å². The van der Waals surface area contributed by atoms with Crippen LogP contribution in [-0.4, -0.2) is 30.6 Å². The van der Waals surface area contributed by atoms with Gasteiger partial charge >= 0.3 is 5.97 Å². The summed E-state index contributed by atoms with van der Waals surface area (Å²) < 4.78 is 5.09. The van der Waals surface area contributed by atoms with Gasteiger partial charge in [0.05, 0.1) is 7.11 Å². The number of carboxylic acids is 1. The smallest absolute Gasteiger partial charge is 0.303 e. The minimum absolute atomic E-state index is 0.0386. The van der Waals surface area contributed by atoms with Crippen LogP contribution in [0, 0.1) is 11.3 Å². The molecule has 0 aliphatic heterocycles. The van der Waals surface area contributed by atoms with Gasteiger partial charge in [-0.1, -0.05) is 12.5 Å². The molecule has 0 fully saturated rings. The number of hydrogen-bond acceptors (Lipinski definition) is 5. The highest BCUT2D eigenvalue weighted by atomic mass is 16.5. The highest BCUT2D eigenvalue weighted by Crippen LogP contribution is 2.16. The summed E-state index contributed by atoms with van der Waals surface area (Å²) in [6.07, 6.45) is 3.42. The summed E-state index contributed by atoms with van der Waals surface area (Å²) in [6.45, 7) is 0.399. The third-order valence-corrected chi connectivity index (χ3v) is 3.17. The summed E-state index contributed by atoms with van der Waals surface area (Å²) in [7, 11) is 1.56. The Balaban J connectivity index is 2.42. The van der Waals surface area contributed by atoms with E-state index in [0.29, 0.717) is 37.2 Å². The molecule has 0 heterocycles. The van der Waals surface area contributed by atoms with Crippen LogP contribution in [-0.2, 0) is 9.59 Å². The van der Waals surface area contributed by atoms with Crippen LogP contribution in [0.25, 0.3) is 0 Å². The third kappa shape index (κ3) is 7.31. The second-order valence-electron chi connectivity index (χ2n) is 5.01. The van der Waals surface area contributed by atoms with Crippen molar-refractivity contribution in [1.29, 1.82) is 5.26 Å². The summed E-state index contributed by atoms with van der Waals surface area (Å²) in [5.41, 5.74) is 0.659. The van der Waals surface area contributed by atoms with Gasteiger partial charge in [-0.2, -0.15) is 5.26 Å². The fraction of sp³-hybridized carbons (Fsp3) is 0.353. The molecule has 0 aliphatic rings. The number of anilines is 1. The predicted molar refractivity (Wildman–Crippen MR) is 89.4 cm³/mol. The molecule has 0 unspecified atom stereocenters. The minimum Gasteiger partial charge on any atom is -0.497 e. The van der Waals surface area contributed by atoms with E-state index in [1.807, 2.05) is 6.07 Å². The van der Waals surface area contributed by atoms with Crippen LogP contribution in [0.5, 0.6) is 5.75 Å². The van der Waals surface area contributed by atoms with Gasteiger partial charge in [-0.3, -0.25) is 9.59 Å². The SMILES string of the molecule is COc1cccc(N/C=C(/C#N)C(=O)NCCCCCC(=O)O)c1. The van der Waals surface area contributed by atoms with Gasteiger partial charge in [0.2, 0.25) is 0 Å². The molecule has 0 aliphatic carbocycles. The van der Waals surface area contributed by atoms with Gasteiger partial charge < -0.3 is 20.5 Å². The first kappa shape index (κ1) is 19.0. The van der Waals surface area contributed by atoms with E-state index < -0.39 is 11.9 Å². The quantitative estimate of drug-likeness (QED) is 0.344. The molecule has 1 aromatic rings. The number of nitrogens with one attached hydrogen (secondary N) is 2. The van der Waals surface area contributed by atoms with Crippen molar-refractivity contribution >= 4 is 17.6 Å². The number of rotatable bonds is 10. The molecular weight excluding hydrogens is 310 g/mol. The lowest BCUT2D eigenvalue weighted by atomic mass is 10.2. The molecule has 1 amide bonds. The largest absolute Gasteiger partial charge is 0.497 e. The molecule has 0 bridgehead atoms. The van der Waals surface area contributed by atoms with E-state index in [0.717, 1.165) is 0 Å². The summed E-state index contributed by atoms with van der Waals surface area (Å²) in [5.74, 6) is -0.624. The molecule has 0 spiro atoms. The first-order valence-corrected chi connectivity index (χ1v) is 7.57. The number of nitrogens with zero attached hydrogens (tertiary/aromatic N) is 1. The normalized spacial score (nSPS) is 10.6. The minimum atomic E-state index is -0.822. The van der Waals surface area contributed by atoms with Gasteiger partial charge in [-0.15, -0.1) is 0 Å². The average Bonchev–Trinajstić information content (AvgIpc) is 2.58. The van der Waals surface area contributed by atoms with Crippen molar-refractivity contribution in [2.24, 2.45) is 0 Å². The number of carbonyl (C=O) groups excluding carboxylic acids is 1. The maximum Gasteiger partial charge on any atom is 0.303 e. The fourth-order valence-corrected chi connectivity index (χ4v) is 1.89. The van der Waals surface area contributed by atoms with Crippen LogP contribution >= 0.6 is 0 Å². The Labute approximate surface area is 140 Å². The Morgan fingerprint density at radius 1 is 1.33 bits per heavy atom. The lowest BCUT2D eigenvalue weighted by molar-refractivity contribution is -0.137. The molecule has 1 aromatic carbocycles. The van der Waals surface area contributed by atoms with E-state index in [-0.39, 0.29) is 12.0 Å². The highest BCUT2D eigenvalue weighted by molar-refractivity contribution is 5.97. The number of benzene rings is 1. The zero-order valence-corrected chi connectivity index (χ0v) is 13.5. The average molecular weight is 331 g/mol. The van der Waals surface area contributed by atoms with Gasteiger partial charge in [-0.05, 0) is 25.0 Å². The Morgan fingerprint density at radius 2 is 2.12 bits per heavy atom. The van der Waals surface area contributed by atoms with Crippen molar-refractivity contribution in [2.45, 2.75) is 25.7 Å². The fourth-order valence-electron chi connectivity index (χ4n) is 1.89. The molecule has 0 aromatic heterocycles. The second-order valence-corrected chi connectivity index (χ2v) is 5.01. The van der Waals surface area contributed by atoms with E-state index in [1.54, 1.807) is 31.4 Å². The number of carbonyl (C=O) groups is 2. The van der Waals surface area contributed by atoms with Gasteiger partial charge in [0.25, 0.3) is 5.91 Å². The van der Waals surface area contributed by atoms with Crippen molar-refractivity contribution in [3.05, 3.63) is 36.0 Å². The monoisotopic (exact) mass is 331 g/mol. The van der Waals surface area contributed by atoms with Crippen molar-refractivity contribution in [2.75, 3.05) is 19.0 Å². The lowest BCUT2D eigenvalue weighted by Crippen LogP contribution is -2.26. The molecule has 1 rings (SSSR count). The maximum absolute atomic E-state index is 11.9. The highest BCUT2D eigenvalue weighted by Gasteiger charge is 2.08. The molecule has 7 nitrogen and oxygen atoms in total. The van der Waals surface area contributed by atoms with E-state index in [4.69, 9.17) is 15.1 Å². The van der Waals surface area contributed by atoms with Crippen LogP contribution in [0.15, 0.2) is 36.0 Å². The summed E-state index contributed by atoms with van der Waals surface area (Å²) in [6, 6.07) is 8.95. The molecule has 0 atom stereocenters. The Kier molecular flexibility index (Phi) is 8.47. The number of ether oxygens (including phenoxy) is 1. The predicted octanol–water partition coefficient (Wildman–Crippen LogP) is 2.28. The molecule has 3 N–H and O–H groups in total. The van der Waals surface area contributed by atoms with E-state index in [2.05, 4.69) is 10.6 Å². The van der Waals surface area contributed by atoms with Crippen molar-refractivity contribution in [3.63, 3.8) is 0 Å². The van der Waals surface area contributed by atoms with E-state index >= 15 is 0 Å². The summed E-state index contributed by atoms with van der Waals surface area (Å²) >= 11 is 0. The zero-order chi connectivity index (χ0) is 17.8. The van der Waals surface area contributed by atoms with Crippen LogP contribution in [0.2, 0.25) is 0 Å². The molecule has 128 valence electrons. The summed E-state index contributed by atoms with van der Waals surface area (Å²) in [5, 5.41) is 23.1. The first-order chi connectivity index (χ1) is 11.6. The molecule has 7 heteroatoms. The van der Waals surface area contributed by atoms with E-state index in [9.17, 15) is 9.59 Å². The van der Waals surface area contributed by atoms with E-state index in [1.165, 1.54) is 6.20 Å². The Bertz CT molecular complexity index is 635. The number of hydrogen-bond donors (Lipinski definition) is 3. The van der Waals surface area contributed by atoms with Crippen LogP contribution in [0.1, 0.15) is 25.7 Å². The number of nitriles is 1. The van der Waals surface area contributed by atoms with Crippen molar-refractivity contribution in [3.8, 4) is 11.8 Å². The van der Waals surface area contributed by atoms with Gasteiger partial charge in [0, 0.05) is 30.9 Å². The maximum atomic E-state index is 11.9. The van der Waals surface area contributed by atoms with Gasteiger partial charge in [0.1, 0.15) is 17.4 Å². The number of unbranched alkanes of at least 4 members (excludes halogenated alkanes) is 2. The number of amides is 1. The molecular formula is C17H21N3O4. The first-order valence-electron chi connectivity index (χ1n) is 7.57. The second kappa shape index (κ2) is 10.7. The molecule has 0 radical (unpaired) electrons. The molecule has 24 heavy (non-hydrogen) atoms. The standard InChI is InChI=1S/C17H21N3O4/c1-24-15-7-5-6-14(10-15)20-12-13(11-18)17(23)19-9-4-2-3-8-16(21)22/h5-7,10,12,20H,2-4,8-9H2,1H3,(H,19,23)(H,21,22)/b13-12-. The van der Waals surface area contributed by atoms with Gasteiger partial charge in [0.15, 0.2) is 0 Å². The lowest BCUT2D eigenvalue weighted by Gasteiger charge is -2.06. The van der Waals surface area contributed by atoms with Crippen molar-refractivity contribution in [1.82, 2.24) is 5.32 Å².